The highest BCUT2D eigenvalue weighted by Gasteiger charge is 2.42. The summed E-state index contributed by atoms with van der Waals surface area (Å²) in [5.74, 6) is -1.96. The number of carboxylic acid groups (broad SMARTS) is 1. The molecular formula is C24H44N4O5. The van der Waals surface area contributed by atoms with Gasteiger partial charge in [0, 0.05) is 13.5 Å². The van der Waals surface area contributed by atoms with E-state index in [1.54, 1.807) is 0 Å². The number of hydrogen-bond acceptors (Lipinski definition) is 5. The number of rotatable bonds is 17. The van der Waals surface area contributed by atoms with Crippen LogP contribution in [0.2, 0.25) is 0 Å². The number of amides is 1. The van der Waals surface area contributed by atoms with Crippen LogP contribution in [0.4, 0.5) is 0 Å². The minimum atomic E-state index is -1.22. The molecular weight excluding hydrogens is 424 g/mol. The largest absolute Gasteiger partial charge is 0.478 e. The van der Waals surface area contributed by atoms with E-state index >= 15 is 0 Å². The maximum atomic E-state index is 11.8. The third-order valence-corrected chi connectivity index (χ3v) is 5.78. The molecule has 1 aliphatic heterocycles. The van der Waals surface area contributed by atoms with Crippen molar-refractivity contribution in [2.75, 3.05) is 6.61 Å². The molecule has 190 valence electrons. The molecule has 1 rings (SSSR count). The first-order chi connectivity index (χ1) is 15.8. The number of nitrogens with zero attached hydrogens (tertiary/aromatic N) is 1. The molecule has 0 fully saturated rings. The molecule has 0 aromatic heterocycles. The number of guanidine groups is 1. The van der Waals surface area contributed by atoms with E-state index in [1.807, 2.05) is 6.92 Å². The Morgan fingerprint density at radius 1 is 1.09 bits per heavy atom. The lowest BCUT2D eigenvalue weighted by molar-refractivity contribution is -0.143. The van der Waals surface area contributed by atoms with E-state index in [-0.39, 0.29) is 17.6 Å². The van der Waals surface area contributed by atoms with E-state index in [1.165, 1.54) is 64.4 Å². The Morgan fingerprint density at radius 2 is 1.67 bits per heavy atom. The molecule has 0 aromatic rings. The summed E-state index contributed by atoms with van der Waals surface area (Å²) in [4.78, 5) is 27.5. The molecule has 0 aromatic carbocycles. The van der Waals surface area contributed by atoms with E-state index in [9.17, 15) is 14.7 Å². The third-order valence-electron chi connectivity index (χ3n) is 5.78. The molecule has 33 heavy (non-hydrogen) atoms. The van der Waals surface area contributed by atoms with E-state index in [0.29, 0.717) is 13.0 Å². The average molecular weight is 469 g/mol. The Hall–Kier alpha value is -2.29. The zero-order valence-corrected chi connectivity index (χ0v) is 20.6. The van der Waals surface area contributed by atoms with Gasteiger partial charge in [-0.15, -0.1) is 0 Å². The van der Waals surface area contributed by atoms with Crippen LogP contribution in [0.25, 0.3) is 0 Å². The van der Waals surface area contributed by atoms with Crippen LogP contribution in [-0.4, -0.2) is 53.8 Å². The predicted molar refractivity (Wildman–Crippen MR) is 130 cm³/mol. The molecule has 4 atom stereocenters. The fourth-order valence-corrected chi connectivity index (χ4v) is 4.10. The number of carbonyl (C=O) groups is 2. The fraction of sp³-hybridized carbons (Fsp3) is 0.792. The molecule has 0 radical (unpaired) electrons. The van der Waals surface area contributed by atoms with E-state index in [2.05, 4.69) is 17.2 Å². The van der Waals surface area contributed by atoms with Crippen molar-refractivity contribution in [1.82, 2.24) is 5.32 Å². The molecule has 1 aliphatic rings. The van der Waals surface area contributed by atoms with E-state index < -0.39 is 30.3 Å². The van der Waals surface area contributed by atoms with Gasteiger partial charge in [0.05, 0.1) is 18.2 Å². The summed E-state index contributed by atoms with van der Waals surface area (Å²) in [6, 6.07) is -1.41. The normalized spacial score (nSPS) is 20.9. The average Bonchev–Trinajstić information content (AvgIpc) is 2.75. The third kappa shape index (κ3) is 11.4. The van der Waals surface area contributed by atoms with Crippen molar-refractivity contribution < 1.29 is 24.2 Å². The molecule has 0 unspecified atom stereocenters. The van der Waals surface area contributed by atoms with Crippen molar-refractivity contribution >= 4 is 17.8 Å². The van der Waals surface area contributed by atoms with Gasteiger partial charge in [-0.05, 0) is 18.9 Å². The van der Waals surface area contributed by atoms with Crippen molar-refractivity contribution in [2.24, 2.45) is 16.5 Å². The van der Waals surface area contributed by atoms with E-state index in [0.717, 1.165) is 12.8 Å². The van der Waals surface area contributed by atoms with Crippen LogP contribution < -0.4 is 16.8 Å². The minimum absolute atomic E-state index is 0.198. The maximum absolute atomic E-state index is 11.8. The van der Waals surface area contributed by atoms with Crippen LogP contribution in [0.5, 0.6) is 0 Å². The predicted octanol–water partition coefficient (Wildman–Crippen LogP) is 3.22. The highest BCUT2D eigenvalue weighted by atomic mass is 16.6. The molecule has 0 saturated heterocycles. The second-order valence-electron chi connectivity index (χ2n) is 8.69. The Morgan fingerprint density at radius 3 is 2.15 bits per heavy atom. The van der Waals surface area contributed by atoms with Crippen LogP contribution in [0, 0.1) is 0 Å². The van der Waals surface area contributed by atoms with Gasteiger partial charge in [0.25, 0.3) is 0 Å². The number of nitrogens with one attached hydrogen (secondary N) is 1. The van der Waals surface area contributed by atoms with Gasteiger partial charge < -0.3 is 31.4 Å². The number of unbranched alkanes of at least 4 members (excludes halogenated alkanes) is 9. The lowest BCUT2D eigenvalue weighted by Gasteiger charge is -2.39. The van der Waals surface area contributed by atoms with Crippen molar-refractivity contribution in [3.63, 3.8) is 0 Å². The highest BCUT2D eigenvalue weighted by molar-refractivity contribution is 5.85. The Labute approximate surface area is 198 Å². The second kappa shape index (κ2) is 16.3. The van der Waals surface area contributed by atoms with Gasteiger partial charge in [0.2, 0.25) is 11.7 Å². The molecule has 1 heterocycles. The summed E-state index contributed by atoms with van der Waals surface area (Å²) < 4.78 is 11.8. The van der Waals surface area contributed by atoms with E-state index in [4.69, 9.17) is 20.9 Å². The van der Waals surface area contributed by atoms with Crippen molar-refractivity contribution in [3.05, 3.63) is 11.8 Å². The monoisotopic (exact) mass is 468 g/mol. The van der Waals surface area contributed by atoms with Crippen LogP contribution >= 0.6 is 0 Å². The lowest BCUT2D eigenvalue weighted by Crippen LogP contribution is -2.57. The smallest absolute Gasteiger partial charge is 0.370 e. The van der Waals surface area contributed by atoms with Gasteiger partial charge in [0.15, 0.2) is 5.96 Å². The van der Waals surface area contributed by atoms with Crippen LogP contribution in [-0.2, 0) is 19.1 Å². The van der Waals surface area contributed by atoms with Crippen LogP contribution in [0.1, 0.15) is 91.4 Å². The molecule has 6 N–H and O–H groups in total. The van der Waals surface area contributed by atoms with Crippen molar-refractivity contribution in [3.8, 4) is 0 Å². The highest BCUT2D eigenvalue weighted by Crippen LogP contribution is 2.26. The maximum Gasteiger partial charge on any atom is 0.370 e. The van der Waals surface area contributed by atoms with Gasteiger partial charge in [-0.2, -0.15) is 0 Å². The molecule has 0 saturated carbocycles. The first kappa shape index (κ1) is 28.7. The van der Waals surface area contributed by atoms with Gasteiger partial charge in [-0.3, -0.25) is 4.79 Å². The van der Waals surface area contributed by atoms with Crippen molar-refractivity contribution in [1.29, 1.82) is 0 Å². The molecule has 1 amide bonds. The first-order valence-corrected chi connectivity index (χ1v) is 12.4. The first-order valence-electron chi connectivity index (χ1n) is 12.4. The lowest BCUT2D eigenvalue weighted by atomic mass is 9.93. The van der Waals surface area contributed by atoms with Gasteiger partial charge in [-0.1, -0.05) is 71.6 Å². The van der Waals surface area contributed by atoms with Crippen LogP contribution in [0.3, 0.4) is 0 Å². The Balaban J connectivity index is 2.62. The number of carbonyl (C=O) groups excluding carboxylic acids is 1. The summed E-state index contributed by atoms with van der Waals surface area (Å²) >= 11 is 0. The summed E-state index contributed by atoms with van der Waals surface area (Å²) in [6.45, 7) is 6.09. The topological polar surface area (TPSA) is 149 Å². The fourth-order valence-electron chi connectivity index (χ4n) is 4.10. The molecule has 0 spiro atoms. The molecule has 9 nitrogen and oxygen atoms in total. The minimum Gasteiger partial charge on any atom is -0.478 e. The summed E-state index contributed by atoms with van der Waals surface area (Å²) in [6.07, 6.45) is 13.1. The summed E-state index contributed by atoms with van der Waals surface area (Å²) in [5.41, 5.74) is 11.1. The molecule has 0 bridgehead atoms. The summed E-state index contributed by atoms with van der Waals surface area (Å²) in [7, 11) is 0. The number of carboxylic acids is 1. The number of aliphatic imine (C=N–C) groups is 1. The number of nitrogens with two attached hydrogens (primary N) is 2. The SMILES string of the molecule is CCCCCCCCCCCCO[C@H](CC)[C@@H]1OC(C(=O)O)=C[C@H](N=C(N)N)[C@H]1NC(C)=O. The van der Waals surface area contributed by atoms with Gasteiger partial charge in [0.1, 0.15) is 6.10 Å². The Bertz CT molecular complexity index is 649. The van der Waals surface area contributed by atoms with Gasteiger partial charge in [-0.25, -0.2) is 9.79 Å². The van der Waals surface area contributed by atoms with Crippen LogP contribution in [0.15, 0.2) is 16.8 Å². The quantitative estimate of drug-likeness (QED) is 0.145. The molecule has 9 heteroatoms. The zero-order valence-electron chi connectivity index (χ0n) is 20.6. The van der Waals surface area contributed by atoms with Gasteiger partial charge >= 0.3 is 5.97 Å². The molecule has 0 aliphatic carbocycles. The number of ether oxygens (including phenoxy) is 2. The zero-order chi connectivity index (χ0) is 24.6. The standard InChI is InChI=1S/C24H44N4O5/c1-4-6-7-8-9-10-11-12-13-14-15-32-19(5-2)22-21(27-17(3)29)18(28-24(25)26)16-20(33-22)23(30)31/h16,18-19,21-22H,4-15H2,1-3H3,(H,27,29)(H,30,31)(H4,25,26,28)/t18-,19+,21+,22-/m0/s1. The summed E-state index contributed by atoms with van der Waals surface area (Å²) in [5, 5.41) is 12.3. The number of hydrogen-bond donors (Lipinski definition) is 4. The van der Waals surface area contributed by atoms with Crippen molar-refractivity contribution in [2.45, 2.75) is 116 Å². The second-order valence-corrected chi connectivity index (χ2v) is 8.69. The Kier molecular flexibility index (Phi) is 14.2. The number of aliphatic carboxylic acids is 1.